The number of hydrogen-bond donors (Lipinski definition) is 3. The number of aromatic nitrogens is 1. The molecule has 0 aliphatic rings. The van der Waals surface area contributed by atoms with Gasteiger partial charge in [-0.1, -0.05) is 12.1 Å². The number of nitro groups is 1. The van der Waals surface area contributed by atoms with Gasteiger partial charge >= 0.3 is 5.69 Å². The van der Waals surface area contributed by atoms with E-state index in [0.29, 0.717) is 5.52 Å². The minimum Gasteiger partial charge on any atom is -0.506 e. The summed E-state index contributed by atoms with van der Waals surface area (Å²) < 4.78 is 0.803. The van der Waals surface area contributed by atoms with E-state index >= 15 is 0 Å². The molecule has 0 radical (unpaired) electrons. The second-order valence-electron chi connectivity index (χ2n) is 4.94. The molecule has 25 heavy (non-hydrogen) atoms. The van der Waals surface area contributed by atoms with E-state index in [1.807, 2.05) is 6.07 Å². The van der Waals surface area contributed by atoms with Crippen LogP contribution in [-0.4, -0.2) is 25.2 Å². The Kier molecular flexibility index (Phi) is 3.96. The number of nitrogens with zero attached hydrogens (tertiary/aromatic N) is 3. The average Bonchev–Trinajstić information content (AvgIpc) is 3.01. The number of aliphatic hydroxyl groups excluding tert-OH is 1. The Morgan fingerprint density at radius 2 is 2.00 bits per heavy atom. The van der Waals surface area contributed by atoms with Crippen molar-refractivity contribution in [3.05, 3.63) is 57.1 Å². The van der Waals surface area contributed by atoms with Crippen molar-refractivity contribution < 1.29 is 20.2 Å². The molecule has 0 unspecified atom stereocenters. The molecule has 0 fully saturated rings. The highest BCUT2D eigenvalue weighted by Crippen LogP contribution is 2.39. The number of aromatic hydroxyl groups is 2. The van der Waals surface area contributed by atoms with Gasteiger partial charge in [0, 0.05) is 11.6 Å². The van der Waals surface area contributed by atoms with Crippen LogP contribution in [0, 0.1) is 21.4 Å². The molecule has 8 nitrogen and oxygen atoms in total. The number of para-hydroxylation sites is 1. The Bertz CT molecular complexity index is 1050. The van der Waals surface area contributed by atoms with Gasteiger partial charge in [-0.05, 0) is 18.2 Å². The van der Waals surface area contributed by atoms with E-state index < -0.39 is 27.9 Å². The van der Waals surface area contributed by atoms with E-state index in [1.165, 1.54) is 11.3 Å². The van der Waals surface area contributed by atoms with Crippen molar-refractivity contribution in [2.75, 3.05) is 0 Å². The van der Waals surface area contributed by atoms with Crippen LogP contribution in [0.3, 0.4) is 0 Å². The molecular formula is C16H9N3O5S. The fraction of sp³-hybridized carbons (Fsp3) is 0. The molecule has 0 aliphatic carbocycles. The summed E-state index contributed by atoms with van der Waals surface area (Å²) in [7, 11) is 0. The van der Waals surface area contributed by atoms with Crippen LogP contribution in [0.5, 0.6) is 11.5 Å². The fourth-order valence-corrected chi connectivity index (χ4v) is 3.17. The number of nitriles is 1. The maximum atomic E-state index is 10.9. The van der Waals surface area contributed by atoms with Crippen molar-refractivity contribution in [1.29, 1.82) is 5.26 Å². The first kappa shape index (κ1) is 16.2. The normalized spacial score (nSPS) is 11.8. The van der Waals surface area contributed by atoms with E-state index in [4.69, 9.17) is 0 Å². The molecule has 3 rings (SSSR count). The van der Waals surface area contributed by atoms with Gasteiger partial charge in [0.2, 0.25) is 5.75 Å². The third-order valence-electron chi connectivity index (χ3n) is 3.40. The number of benzene rings is 2. The number of hydrogen-bond acceptors (Lipinski definition) is 8. The van der Waals surface area contributed by atoms with Crippen molar-refractivity contribution >= 4 is 38.6 Å². The van der Waals surface area contributed by atoms with Gasteiger partial charge in [-0.15, -0.1) is 11.3 Å². The van der Waals surface area contributed by atoms with Crippen LogP contribution in [0.25, 0.3) is 21.5 Å². The van der Waals surface area contributed by atoms with E-state index in [9.17, 15) is 30.7 Å². The van der Waals surface area contributed by atoms with E-state index in [-0.39, 0.29) is 16.1 Å². The number of phenolic OH excluding ortho intramolecular Hbond substituents is 2. The summed E-state index contributed by atoms with van der Waals surface area (Å²) >= 11 is 1.17. The zero-order chi connectivity index (χ0) is 18.1. The van der Waals surface area contributed by atoms with Gasteiger partial charge < -0.3 is 15.3 Å². The topological polar surface area (TPSA) is 141 Å². The van der Waals surface area contributed by atoms with Gasteiger partial charge in [-0.3, -0.25) is 10.1 Å². The average molecular weight is 355 g/mol. The van der Waals surface area contributed by atoms with Crippen molar-refractivity contribution in [1.82, 2.24) is 4.98 Å². The monoisotopic (exact) mass is 355 g/mol. The molecule has 0 amide bonds. The highest BCUT2D eigenvalue weighted by molar-refractivity contribution is 7.19. The summed E-state index contributed by atoms with van der Waals surface area (Å²) in [5.41, 5.74) is -0.524. The quantitative estimate of drug-likeness (QED) is 0.214. The van der Waals surface area contributed by atoms with Crippen LogP contribution in [0.1, 0.15) is 10.6 Å². The first-order valence-electron chi connectivity index (χ1n) is 6.82. The van der Waals surface area contributed by atoms with E-state index in [2.05, 4.69) is 4.98 Å². The Morgan fingerprint density at radius 3 is 2.64 bits per heavy atom. The fourth-order valence-electron chi connectivity index (χ4n) is 2.21. The van der Waals surface area contributed by atoms with Crippen LogP contribution >= 0.6 is 11.3 Å². The van der Waals surface area contributed by atoms with E-state index in [1.54, 1.807) is 24.3 Å². The summed E-state index contributed by atoms with van der Waals surface area (Å²) in [6, 6.07) is 10.8. The summed E-state index contributed by atoms with van der Waals surface area (Å²) in [6.07, 6.45) is 0. The molecule has 124 valence electrons. The van der Waals surface area contributed by atoms with Gasteiger partial charge in [0.1, 0.15) is 22.4 Å². The lowest BCUT2D eigenvalue weighted by molar-refractivity contribution is -0.386. The Morgan fingerprint density at radius 1 is 1.28 bits per heavy atom. The Hall–Kier alpha value is -3.64. The molecular weight excluding hydrogens is 346 g/mol. The zero-order valence-corrected chi connectivity index (χ0v) is 13.2. The zero-order valence-electron chi connectivity index (χ0n) is 12.4. The summed E-state index contributed by atoms with van der Waals surface area (Å²) in [4.78, 5) is 14.3. The van der Waals surface area contributed by atoms with Gasteiger partial charge in [-0.25, -0.2) is 4.98 Å². The standard InChI is InChI=1S/C16H9N3O5S/c17-7-9(16-18-10-3-1-2-4-13(10)25-16)14(21)8-5-11(19(23)24)15(22)12(20)6-8/h1-6,20-22H/b14-9-. The van der Waals surface area contributed by atoms with Crippen molar-refractivity contribution in [3.63, 3.8) is 0 Å². The van der Waals surface area contributed by atoms with Gasteiger partial charge in [-0.2, -0.15) is 5.26 Å². The number of fused-ring (bicyclic) bond motifs is 1. The minimum absolute atomic E-state index is 0.183. The first-order chi connectivity index (χ1) is 11.9. The summed E-state index contributed by atoms with van der Waals surface area (Å²) in [5.74, 6) is -2.28. The molecule has 1 aromatic heterocycles. The molecule has 9 heteroatoms. The third kappa shape index (κ3) is 2.82. The van der Waals surface area contributed by atoms with Crippen LogP contribution in [0.15, 0.2) is 36.4 Å². The molecule has 1 heterocycles. The van der Waals surface area contributed by atoms with Gasteiger partial charge in [0.15, 0.2) is 5.75 Å². The SMILES string of the molecule is N#C/C(=C(/O)c1cc(O)c(O)c([N+](=O)[O-])c1)c1nc2ccccc2s1. The molecule has 0 atom stereocenters. The molecule has 2 aromatic carbocycles. The maximum Gasteiger partial charge on any atom is 0.315 e. The molecule has 3 N–H and O–H groups in total. The minimum atomic E-state index is -0.917. The predicted molar refractivity (Wildman–Crippen MR) is 91.1 cm³/mol. The Balaban J connectivity index is 2.20. The van der Waals surface area contributed by atoms with Crippen molar-refractivity contribution in [3.8, 4) is 17.6 Å². The number of thiazole rings is 1. The Labute approximate surface area is 144 Å². The molecule has 0 saturated carbocycles. The number of allylic oxidation sites excluding steroid dienone is 1. The van der Waals surface area contributed by atoms with Gasteiger partial charge in [0.25, 0.3) is 0 Å². The number of phenols is 2. The lowest BCUT2D eigenvalue weighted by Gasteiger charge is -2.05. The second-order valence-corrected chi connectivity index (χ2v) is 5.97. The highest BCUT2D eigenvalue weighted by Gasteiger charge is 2.23. The van der Waals surface area contributed by atoms with Gasteiger partial charge in [0.05, 0.1) is 15.1 Å². The number of aliphatic hydroxyl groups is 1. The molecule has 0 spiro atoms. The molecule has 3 aromatic rings. The number of rotatable bonds is 3. The van der Waals surface area contributed by atoms with Crippen LogP contribution in [0.4, 0.5) is 5.69 Å². The van der Waals surface area contributed by atoms with Crippen molar-refractivity contribution in [2.24, 2.45) is 0 Å². The summed E-state index contributed by atoms with van der Waals surface area (Å²) in [5, 5.41) is 50.1. The molecule has 0 aliphatic heterocycles. The van der Waals surface area contributed by atoms with Crippen LogP contribution < -0.4 is 0 Å². The maximum absolute atomic E-state index is 10.9. The molecule has 0 saturated heterocycles. The molecule has 0 bridgehead atoms. The van der Waals surface area contributed by atoms with Crippen LogP contribution in [0.2, 0.25) is 0 Å². The van der Waals surface area contributed by atoms with E-state index in [0.717, 1.165) is 16.8 Å². The first-order valence-corrected chi connectivity index (χ1v) is 7.64. The third-order valence-corrected chi connectivity index (χ3v) is 4.45. The smallest absolute Gasteiger partial charge is 0.315 e. The largest absolute Gasteiger partial charge is 0.506 e. The second kappa shape index (κ2) is 6.10. The lowest BCUT2D eigenvalue weighted by atomic mass is 10.1. The lowest BCUT2D eigenvalue weighted by Crippen LogP contribution is -1.94. The van der Waals surface area contributed by atoms with Crippen LogP contribution in [-0.2, 0) is 0 Å². The highest BCUT2D eigenvalue weighted by atomic mass is 32.1. The number of nitro benzene ring substituents is 1. The predicted octanol–water partition coefficient (Wildman–Crippen LogP) is 3.57. The summed E-state index contributed by atoms with van der Waals surface area (Å²) in [6.45, 7) is 0. The van der Waals surface area contributed by atoms with Crippen molar-refractivity contribution in [2.45, 2.75) is 0 Å².